The molecule has 2 aromatic rings. The van der Waals surface area contributed by atoms with Crippen molar-refractivity contribution in [2.24, 2.45) is 10.7 Å². The van der Waals surface area contributed by atoms with Crippen LogP contribution in [0.1, 0.15) is 34.4 Å². The Morgan fingerprint density at radius 2 is 2.15 bits per heavy atom. The molecule has 0 radical (unpaired) electrons. The molecule has 1 amide bonds. The molecule has 2 N–H and O–H groups in total. The van der Waals surface area contributed by atoms with Crippen molar-refractivity contribution >= 4 is 34.6 Å². The number of nitrogens with two attached hydrogens (primary N) is 1. The third-order valence-corrected chi connectivity index (χ3v) is 5.89. The monoisotopic (exact) mass is 399 g/mol. The number of benzene rings is 1. The molecule has 0 saturated carbocycles. The fourth-order valence-electron chi connectivity index (χ4n) is 3.46. The van der Waals surface area contributed by atoms with Crippen LogP contribution in [0.2, 0.25) is 4.34 Å². The molecule has 0 aliphatic carbocycles. The standard InChI is InChI=1S/C21H22ClN3OS/c1-4-21(26)25-11-17(16-10-20(22)27-19(16)12-25)14-7-5-6-8-15(14)18(24-3)9-13(2)23/h4-10,17H,1,11-12,23H2,2-3H3/t17-/m0/s1. The number of carbonyl (C=O) groups excluding carboxylic acids is 1. The van der Waals surface area contributed by atoms with E-state index in [-0.39, 0.29) is 11.8 Å². The number of thiophene rings is 1. The van der Waals surface area contributed by atoms with Crippen LogP contribution >= 0.6 is 22.9 Å². The van der Waals surface area contributed by atoms with Gasteiger partial charge in [-0.15, -0.1) is 11.3 Å². The molecule has 0 saturated heterocycles. The topological polar surface area (TPSA) is 58.7 Å². The Kier molecular flexibility index (Phi) is 5.82. The number of allylic oxidation sites excluding steroid dienone is 2. The zero-order valence-electron chi connectivity index (χ0n) is 15.4. The highest BCUT2D eigenvalue weighted by atomic mass is 35.5. The highest BCUT2D eigenvalue weighted by Gasteiger charge is 2.31. The summed E-state index contributed by atoms with van der Waals surface area (Å²) in [5, 5.41) is 0. The van der Waals surface area contributed by atoms with E-state index in [1.807, 2.05) is 42.2 Å². The molecule has 3 rings (SSSR count). The number of fused-ring (bicyclic) bond motifs is 1. The predicted molar refractivity (Wildman–Crippen MR) is 114 cm³/mol. The van der Waals surface area contributed by atoms with Gasteiger partial charge in [0.15, 0.2) is 0 Å². The van der Waals surface area contributed by atoms with Gasteiger partial charge in [0.25, 0.3) is 0 Å². The van der Waals surface area contributed by atoms with E-state index in [9.17, 15) is 4.79 Å². The van der Waals surface area contributed by atoms with Gasteiger partial charge in [-0.25, -0.2) is 0 Å². The lowest BCUT2D eigenvalue weighted by Crippen LogP contribution is -2.37. The van der Waals surface area contributed by atoms with Crippen LogP contribution in [0.5, 0.6) is 0 Å². The second kappa shape index (κ2) is 8.11. The lowest BCUT2D eigenvalue weighted by atomic mass is 9.84. The SMILES string of the molecule is C=CC(=O)N1Cc2sc(Cl)cc2[C@H](c2ccccc2C(C=C(C)N)=NC)C1. The van der Waals surface area contributed by atoms with E-state index >= 15 is 0 Å². The molecule has 1 atom stereocenters. The van der Waals surface area contributed by atoms with Gasteiger partial charge in [0.2, 0.25) is 5.91 Å². The molecule has 2 heterocycles. The summed E-state index contributed by atoms with van der Waals surface area (Å²) in [5.41, 5.74) is 10.7. The quantitative estimate of drug-likeness (QED) is 0.614. The number of halogens is 1. The molecule has 4 nitrogen and oxygen atoms in total. The number of aliphatic imine (C=N–C) groups is 1. The van der Waals surface area contributed by atoms with Gasteiger partial charge in [0, 0.05) is 35.6 Å². The largest absolute Gasteiger partial charge is 0.402 e. The third kappa shape index (κ3) is 3.99. The Morgan fingerprint density at radius 1 is 1.41 bits per heavy atom. The minimum absolute atomic E-state index is 0.0147. The summed E-state index contributed by atoms with van der Waals surface area (Å²) >= 11 is 7.83. The van der Waals surface area contributed by atoms with Gasteiger partial charge >= 0.3 is 0 Å². The molecule has 1 aliphatic heterocycles. The Bertz CT molecular complexity index is 941. The zero-order valence-corrected chi connectivity index (χ0v) is 17.0. The van der Waals surface area contributed by atoms with Gasteiger partial charge in [-0.3, -0.25) is 9.79 Å². The lowest BCUT2D eigenvalue weighted by Gasteiger charge is -2.33. The van der Waals surface area contributed by atoms with E-state index in [0.29, 0.717) is 18.8 Å². The van der Waals surface area contributed by atoms with E-state index in [4.69, 9.17) is 17.3 Å². The first-order valence-corrected chi connectivity index (χ1v) is 9.83. The summed E-state index contributed by atoms with van der Waals surface area (Å²) in [4.78, 5) is 19.7. The fourth-order valence-corrected chi connectivity index (χ4v) is 4.82. The number of carbonyl (C=O) groups is 1. The lowest BCUT2D eigenvalue weighted by molar-refractivity contribution is -0.127. The van der Waals surface area contributed by atoms with Crippen LogP contribution in [-0.2, 0) is 11.3 Å². The molecule has 1 aromatic heterocycles. The minimum Gasteiger partial charge on any atom is -0.402 e. The highest BCUT2D eigenvalue weighted by Crippen LogP contribution is 2.41. The first-order chi connectivity index (χ1) is 12.9. The molecule has 140 valence electrons. The first-order valence-electron chi connectivity index (χ1n) is 8.64. The predicted octanol–water partition coefficient (Wildman–Crippen LogP) is 4.34. The van der Waals surface area contributed by atoms with E-state index in [0.717, 1.165) is 26.1 Å². The van der Waals surface area contributed by atoms with Gasteiger partial charge in [-0.2, -0.15) is 0 Å². The van der Waals surface area contributed by atoms with Crippen LogP contribution in [0, 0.1) is 0 Å². The molecule has 1 aromatic carbocycles. The fraction of sp³-hybridized carbons (Fsp3) is 0.238. The van der Waals surface area contributed by atoms with Crippen LogP contribution < -0.4 is 5.73 Å². The van der Waals surface area contributed by atoms with Gasteiger partial charge in [0.05, 0.1) is 16.6 Å². The number of nitrogens with zero attached hydrogens (tertiary/aromatic N) is 2. The third-order valence-electron chi connectivity index (χ3n) is 4.63. The molecule has 1 aliphatic rings. The van der Waals surface area contributed by atoms with Crippen molar-refractivity contribution in [3.05, 3.63) is 80.7 Å². The van der Waals surface area contributed by atoms with Crippen LogP contribution in [0.4, 0.5) is 0 Å². The number of hydrogen-bond donors (Lipinski definition) is 1. The first kappa shape index (κ1) is 19.4. The van der Waals surface area contributed by atoms with Crippen LogP contribution in [-0.4, -0.2) is 30.1 Å². The average molecular weight is 400 g/mol. The highest BCUT2D eigenvalue weighted by molar-refractivity contribution is 7.16. The van der Waals surface area contributed by atoms with Crippen molar-refractivity contribution in [1.82, 2.24) is 4.90 Å². The maximum atomic E-state index is 12.3. The molecule has 27 heavy (non-hydrogen) atoms. The van der Waals surface area contributed by atoms with E-state index in [1.54, 1.807) is 7.05 Å². The Hall–Kier alpha value is -2.37. The van der Waals surface area contributed by atoms with Crippen molar-refractivity contribution in [3.63, 3.8) is 0 Å². The summed E-state index contributed by atoms with van der Waals surface area (Å²) in [7, 11) is 1.76. The van der Waals surface area contributed by atoms with Crippen LogP contribution in [0.3, 0.4) is 0 Å². The number of rotatable bonds is 4. The second-order valence-corrected chi connectivity index (χ2v) is 8.26. The van der Waals surface area contributed by atoms with Crippen LogP contribution in [0.25, 0.3) is 0 Å². The van der Waals surface area contributed by atoms with Crippen molar-refractivity contribution in [3.8, 4) is 0 Å². The van der Waals surface area contributed by atoms with Crippen molar-refractivity contribution < 1.29 is 4.79 Å². The van der Waals surface area contributed by atoms with E-state index in [2.05, 4.69) is 17.6 Å². The maximum Gasteiger partial charge on any atom is 0.246 e. The molecular formula is C21H22ClN3OS. The average Bonchev–Trinajstić information content (AvgIpc) is 3.04. The Balaban J connectivity index is 2.14. The maximum absolute atomic E-state index is 12.3. The van der Waals surface area contributed by atoms with Gasteiger partial charge < -0.3 is 10.6 Å². The minimum atomic E-state index is -0.0743. The summed E-state index contributed by atoms with van der Waals surface area (Å²) < 4.78 is 0.734. The second-order valence-electron chi connectivity index (χ2n) is 6.49. The molecular weight excluding hydrogens is 378 g/mol. The van der Waals surface area contributed by atoms with Gasteiger partial charge in [-0.05, 0) is 36.3 Å². The molecule has 0 fully saturated rings. The normalized spacial score (nSPS) is 17.6. The van der Waals surface area contributed by atoms with Crippen molar-refractivity contribution in [2.45, 2.75) is 19.4 Å². The summed E-state index contributed by atoms with van der Waals surface area (Å²) in [6.45, 7) is 6.61. The van der Waals surface area contributed by atoms with E-state index in [1.165, 1.54) is 23.0 Å². The summed E-state index contributed by atoms with van der Waals surface area (Å²) in [6.07, 6.45) is 3.23. The summed E-state index contributed by atoms with van der Waals surface area (Å²) in [6, 6.07) is 10.1. The molecule has 0 spiro atoms. The van der Waals surface area contributed by atoms with Gasteiger partial charge in [0.1, 0.15) is 0 Å². The Labute approximate surface area is 168 Å². The molecule has 6 heteroatoms. The smallest absolute Gasteiger partial charge is 0.246 e. The number of amides is 1. The van der Waals surface area contributed by atoms with Crippen LogP contribution in [0.15, 0.2) is 59.8 Å². The number of hydrogen-bond acceptors (Lipinski definition) is 4. The van der Waals surface area contributed by atoms with Crippen molar-refractivity contribution in [1.29, 1.82) is 0 Å². The zero-order chi connectivity index (χ0) is 19.6. The molecule has 0 bridgehead atoms. The van der Waals surface area contributed by atoms with E-state index < -0.39 is 0 Å². The van der Waals surface area contributed by atoms with Crippen molar-refractivity contribution in [2.75, 3.05) is 13.6 Å². The summed E-state index contributed by atoms with van der Waals surface area (Å²) in [5.74, 6) is -0.0597. The Morgan fingerprint density at radius 3 is 2.81 bits per heavy atom. The molecule has 0 unspecified atom stereocenters. The van der Waals surface area contributed by atoms with Gasteiger partial charge in [-0.1, -0.05) is 42.4 Å².